The van der Waals surface area contributed by atoms with Gasteiger partial charge in [0, 0.05) is 31.7 Å². The number of carbonyl (C=O) groups excluding carboxylic acids is 2. The number of halogens is 1. The van der Waals surface area contributed by atoms with Crippen LogP contribution >= 0.6 is 0 Å². The van der Waals surface area contributed by atoms with Crippen LogP contribution in [0.5, 0.6) is 5.75 Å². The van der Waals surface area contributed by atoms with Crippen molar-refractivity contribution in [2.24, 2.45) is 5.92 Å². The molecule has 36 heavy (non-hydrogen) atoms. The van der Waals surface area contributed by atoms with Crippen LogP contribution in [0, 0.1) is 11.7 Å². The molecule has 2 aromatic carbocycles. The molecule has 2 aliphatic heterocycles. The Hall–Kier alpha value is -3.23. The summed E-state index contributed by atoms with van der Waals surface area (Å²) in [4.78, 5) is 30.0. The van der Waals surface area contributed by atoms with Gasteiger partial charge in [0.15, 0.2) is 0 Å². The smallest absolute Gasteiger partial charge is 0.295 e. The Labute approximate surface area is 211 Å². The second kappa shape index (κ2) is 11.7. The molecule has 1 atom stereocenters. The van der Waals surface area contributed by atoms with E-state index in [1.165, 1.54) is 17.0 Å². The van der Waals surface area contributed by atoms with E-state index in [2.05, 4.69) is 18.7 Å². The molecule has 2 saturated heterocycles. The van der Waals surface area contributed by atoms with Crippen LogP contribution in [0.25, 0.3) is 5.76 Å². The number of rotatable bonds is 9. The van der Waals surface area contributed by atoms with Crippen LogP contribution in [0.15, 0.2) is 54.1 Å². The summed E-state index contributed by atoms with van der Waals surface area (Å²) in [6.07, 6.45) is 0.659. The summed E-state index contributed by atoms with van der Waals surface area (Å²) < 4.78 is 24.8. The number of morpholine rings is 1. The fourth-order valence-corrected chi connectivity index (χ4v) is 4.52. The fraction of sp³-hybridized carbons (Fsp3) is 0.429. The standard InChI is InChI=1S/C28H33FN2O5/c1-19(2)18-36-23-10-6-21(7-11-23)26(32)24-25(20-4-8-22(29)9-5-20)31(28(34)27(24)33)13-3-12-30-14-16-35-17-15-30/h4-11,19,25,32H,3,12-18H2,1-2H3/b26-24-. The van der Waals surface area contributed by atoms with Crippen LogP contribution in [0.2, 0.25) is 0 Å². The molecular weight excluding hydrogens is 463 g/mol. The maximum absolute atomic E-state index is 13.7. The lowest BCUT2D eigenvalue weighted by Gasteiger charge is -2.29. The topological polar surface area (TPSA) is 79.3 Å². The molecule has 8 heteroatoms. The Balaban J connectivity index is 1.61. The van der Waals surface area contributed by atoms with Gasteiger partial charge in [-0.1, -0.05) is 26.0 Å². The van der Waals surface area contributed by atoms with E-state index in [-0.39, 0.29) is 11.3 Å². The number of aliphatic hydroxyl groups is 1. The molecule has 2 fully saturated rings. The zero-order valence-corrected chi connectivity index (χ0v) is 20.8. The molecule has 0 saturated carbocycles. The van der Waals surface area contributed by atoms with Gasteiger partial charge >= 0.3 is 0 Å². The minimum Gasteiger partial charge on any atom is -0.507 e. The van der Waals surface area contributed by atoms with E-state index in [1.54, 1.807) is 36.4 Å². The number of Topliss-reactive ketones (excluding diaryl/α,β-unsaturated/α-hetero) is 1. The van der Waals surface area contributed by atoms with E-state index in [0.717, 1.165) is 19.6 Å². The molecule has 4 rings (SSSR count). The van der Waals surface area contributed by atoms with Gasteiger partial charge in [0.2, 0.25) is 0 Å². The zero-order chi connectivity index (χ0) is 25.7. The average Bonchev–Trinajstić information content (AvgIpc) is 3.13. The van der Waals surface area contributed by atoms with Crippen molar-refractivity contribution in [3.8, 4) is 5.75 Å². The van der Waals surface area contributed by atoms with Crippen molar-refractivity contribution in [2.75, 3.05) is 46.0 Å². The Kier molecular flexibility index (Phi) is 8.38. The molecule has 0 spiro atoms. The first-order valence-electron chi connectivity index (χ1n) is 12.4. The van der Waals surface area contributed by atoms with Crippen molar-refractivity contribution in [2.45, 2.75) is 26.3 Å². The van der Waals surface area contributed by atoms with E-state index in [9.17, 15) is 19.1 Å². The number of likely N-dealkylation sites (tertiary alicyclic amines) is 1. The monoisotopic (exact) mass is 496 g/mol. The largest absolute Gasteiger partial charge is 0.507 e. The molecular formula is C28H33FN2O5. The summed E-state index contributed by atoms with van der Waals surface area (Å²) in [7, 11) is 0. The number of ether oxygens (including phenoxy) is 2. The molecule has 2 aromatic rings. The van der Waals surface area contributed by atoms with Gasteiger partial charge in [-0.2, -0.15) is 0 Å². The third-order valence-electron chi connectivity index (χ3n) is 6.41. The van der Waals surface area contributed by atoms with Crippen molar-refractivity contribution < 1.29 is 28.6 Å². The van der Waals surface area contributed by atoms with Crippen LogP contribution in [-0.2, 0) is 14.3 Å². The second-order valence-electron chi connectivity index (χ2n) is 9.58. The Bertz CT molecular complexity index is 1090. The number of hydrogen-bond acceptors (Lipinski definition) is 6. The first kappa shape index (κ1) is 25.9. The predicted molar refractivity (Wildman–Crippen MR) is 134 cm³/mol. The first-order valence-corrected chi connectivity index (χ1v) is 12.4. The summed E-state index contributed by atoms with van der Waals surface area (Å²) in [5.41, 5.74) is 0.986. The number of amides is 1. The van der Waals surface area contributed by atoms with Crippen molar-refractivity contribution in [3.63, 3.8) is 0 Å². The minimum absolute atomic E-state index is 0.00818. The minimum atomic E-state index is -0.799. The van der Waals surface area contributed by atoms with Crippen LogP contribution in [0.1, 0.15) is 37.4 Å². The third-order valence-corrected chi connectivity index (χ3v) is 6.41. The zero-order valence-electron chi connectivity index (χ0n) is 20.8. The van der Waals surface area contributed by atoms with Crippen molar-refractivity contribution in [1.29, 1.82) is 0 Å². The molecule has 1 unspecified atom stereocenters. The lowest BCUT2D eigenvalue weighted by Crippen LogP contribution is -2.38. The number of nitrogens with zero attached hydrogens (tertiary/aromatic N) is 2. The molecule has 1 N–H and O–H groups in total. The second-order valence-corrected chi connectivity index (χ2v) is 9.58. The summed E-state index contributed by atoms with van der Waals surface area (Å²) in [5, 5.41) is 11.2. The number of ketones is 1. The average molecular weight is 497 g/mol. The molecule has 2 aliphatic rings. The van der Waals surface area contributed by atoms with Gasteiger partial charge < -0.3 is 19.5 Å². The first-order chi connectivity index (χ1) is 17.3. The van der Waals surface area contributed by atoms with Gasteiger partial charge in [-0.15, -0.1) is 0 Å². The van der Waals surface area contributed by atoms with Crippen LogP contribution in [0.4, 0.5) is 4.39 Å². The molecule has 7 nitrogen and oxygen atoms in total. The van der Waals surface area contributed by atoms with E-state index in [1.807, 2.05) is 0 Å². The molecule has 0 aromatic heterocycles. The lowest BCUT2D eigenvalue weighted by molar-refractivity contribution is -0.140. The van der Waals surface area contributed by atoms with Crippen LogP contribution < -0.4 is 4.74 Å². The van der Waals surface area contributed by atoms with Gasteiger partial charge in [0.25, 0.3) is 11.7 Å². The highest BCUT2D eigenvalue weighted by Gasteiger charge is 2.45. The Morgan fingerprint density at radius 2 is 1.72 bits per heavy atom. The van der Waals surface area contributed by atoms with Crippen molar-refractivity contribution in [1.82, 2.24) is 9.80 Å². The maximum atomic E-state index is 13.7. The number of benzene rings is 2. The molecule has 0 bridgehead atoms. The lowest BCUT2D eigenvalue weighted by atomic mass is 9.95. The van der Waals surface area contributed by atoms with E-state index < -0.39 is 23.5 Å². The normalized spacial score (nSPS) is 20.3. The molecule has 1 amide bonds. The molecule has 0 radical (unpaired) electrons. The van der Waals surface area contributed by atoms with Crippen LogP contribution in [-0.4, -0.2) is 72.6 Å². The van der Waals surface area contributed by atoms with Gasteiger partial charge in [-0.3, -0.25) is 14.5 Å². The molecule has 2 heterocycles. The summed E-state index contributed by atoms with van der Waals surface area (Å²) in [6, 6.07) is 11.7. The number of aliphatic hydroxyl groups excluding tert-OH is 1. The highest BCUT2D eigenvalue weighted by molar-refractivity contribution is 6.46. The SMILES string of the molecule is CC(C)COc1ccc(/C(O)=C2/C(=O)C(=O)N(CCCN3CCOCC3)C2c2ccc(F)cc2)cc1. The maximum Gasteiger partial charge on any atom is 0.295 e. The van der Waals surface area contributed by atoms with Crippen molar-refractivity contribution in [3.05, 3.63) is 71.0 Å². The quantitative estimate of drug-likeness (QED) is 0.321. The van der Waals surface area contributed by atoms with E-state index in [0.29, 0.717) is 55.6 Å². The van der Waals surface area contributed by atoms with E-state index >= 15 is 0 Å². The third kappa shape index (κ3) is 5.94. The van der Waals surface area contributed by atoms with E-state index in [4.69, 9.17) is 9.47 Å². The Morgan fingerprint density at radius 3 is 2.36 bits per heavy atom. The fourth-order valence-electron chi connectivity index (χ4n) is 4.52. The highest BCUT2D eigenvalue weighted by Crippen LogP contribution is 2.39. The van der Waals surface area contributed by atoms with Gasteiger partial charge in [0.05, 0.1) is 31.4 Å². The van der Waals surface area contributed by atoms with Crippen LogP contribution in [0.3, 0.4) is 0 Å². The number of carbonyl (C=O) groups is 2. The Morgan fingerprint density at radius 1 is 1.06 bits per heavy atom. The van der Waals surface area contributed by atoms with Crippen molar-refractivity contribution >= 4 is 17.4 Å². The summed E-state index contributed by atoms with van der Waals surface area (Å²) in [6.45, 7) is 8.79. The highest BCUT2D eigenvalue weighted by atomic mass is 19.1. The predicted octanol–water partition coefficient (Wildman–Crippen LogP) is 4.00. The van der Waals surface area contributed by atoms with Gasteiger partial charge in [-0.05, 0) is 54.3 Å². The summed E-state index contributed by atoms with van der Waals surface area (Å²) >= 11 is 0. The van der Waals surface area contributed by atoms with Gasteiger partial charge in [-0.25, -0.2) is 4.39 Å². The summed E-state index contributed by atoms with van der Waals surface area (Å²) in [5.74, 6) is -1.06. The molecule has 192 valence electrons. The van der Waals surface area contributed by atoms with Gasteiger partial charge in [0.1, 0.15) is 17.3 Å². The number of hydrogen-bond donors (Lipinski definition) is 1. The molecule has 0 aliphatic carbocycles.